The highest BCUT2D eigenvalue weighted by atomic mass is 16.7. The molecule has 0 saturated carbocycles. The molecule has 0 spiro atoms. The van der Waals surface area contributed by atoms with Gasteiger partial charge < -0.3 is 18.9 Å². The van der Waals surface area contributed by atoms with Gasteiger partial charge in [0.1, 0.15) is 5.75 Å². The second-order valence-electron chi connectivity index (χ2n) is 7.14. The van der Waals surface area contributed by atoms with Gasteiger partial charge in [0.25, 0.3) is 0 Å². The minimum absolute atomic E-state index is 0.0116. The quantitative estimate of drug-likeness (QED) is 0.547. The van der Waals surface area contributed by atoms with Crippen LogP contribution in [0.3, 0.4) is 0 Å². The van der Waals surface area contributed by atoms with E-state index in [9.17, 15) is 14.4 Å². The Hall–Kier alpha value is -3.35. The Balaban J connectivity index is 1.34. The van der Waals surface area contributed by atoms with Crippen LogP contribution in [0.4, 0.5) is 0 Å². The third kappa shape index (κ3) is 3.68. The average Bonchev–Trinajstić information content (AvgIpc) is 3.29. The molecule has 7 heteroatoms. The molecule has 150 valence electrons. The highest BCUT2D eigenvalue weighted by Gasteiger charge is 2.31. The molecule has 1 heterocycles. The Kier molecular flexibility index (Phi) is 4.96. The van der Waals surface area contributed by atoms with Gasteiger partial charge in [-0.15, -0.1) is 0 Å². The number of benzene rings is 2. The second-order valence-corrected chi connectivity index (χ2v) is 7.14. The molecule has 7 nitrogen and oxygen atoms in total. The Morgan fingerprint density at radius 1 is 1.10 bits per heavy atom. The summed E-state index contributed by atoms with van der Waals surface area (Å²) in [7, 11) is 0. The number of carbonyl (C=O) groups excluding carboxylic acids is 3. The molecule has 0 N–H and O–H groups in total. The Morgan fingerprint density at radius 3 is 2.72 bits per heavy atom. The highest BCUT2D eigenvalue weighted by molar-refractivity contribution is 6.04. The first-order chi connectivity index (χ1) is 13.9. The van der Waals surface area contributed by atoms with Crippen molar-refractivity contribution < 1.29 is 33.3 Å². The summed E-state index contributed by atoms with van der Waals surface area (Å²) in [6.07, 6.45) is 0.436. The van der Waals surface area contributed by atoms with E-state index in [2.05, 4.69) is 0 Å². The molecule has 4 rings (SSSR count). The molecule has 1 atom stereocenters. The fourth-order valence-corrected chi connectivity index (χ4v) is 3.71. The van der Waals surface area contributed by atoms with Crippen LogP contribution in [-0.4, -0.2) is 37.5 Å². The Labute approximate surface area is 167 Å². The zero-order valence-electron chi connectivity index (χ0n) is 16.2. The first-order valence-electron chi connectivity index (χ1n) is 9.32. The summed E-state index contributed by atoms with van der Waals surface area (Å²) in [4.78, 5) is 36.5. The fraction of sp³-hybridized carbons (Fsp3) is 0.318. The predicted octanol–water partition coefficient (Wildman–Crippen LogP) is 3.22. The van der Waals surface area contributed by atoms with Crippen LogP contribution in [0.15, 0.2) is 30.3 Å². The summed E-state index contributed by atoms with van der Waals surface area (Å²) >= 11 is 0. The Bertz CT molecular complexity index is 1010. The van der Waals surface area contributed by atoms with E-state index in [1.807, 2.05) is 19.9 Å². The molecule has 29 heavy (non-hydrogen) atoms. The summed E-state index contributed by atoms with van der Waals surface area (Å²) in [5.74, 6) is 0.520. The molecule has 1 aliphatic heterocycles. The standard InChI is InChI=1S/C22H20O7/c1-12-3-5-18(22-15(23)7-13(2)21(12)22)26-10-20(25)27-9-16(24)14-4-6-17-19(8-14)29-11-28-17/h3-6,8,13H,7,9-11H2,1-2H3/t13-/m1/s1. The molecule has 2 aromatic carbocycles. The normalized spacial score (nSPS) is 16.5. The van der Waals surface area contributed by atoms with Crippen molar-refractivity contribution >= 4 is 17.5 Å². The fourth-order valence-electron chi connectivity index (χ4n) is 3.71. The maximum absolute atomic E-state index is 12.3. The minimum atomic E-state index is -0.688. The number of esters is 1. The van der Waals surface area contributed by atoms with Crippen molar-refractivity contribution in [3.8, 4) is 17.2 Å². The van der Waals surface area contributed by atoms with Crippen LogP contribution < -0.4 is 14.2 Å². The number of carbonyl (C=O) groups is 3. The molecular weight excluding hydrogens is 376 g/mol. The van der Waals surface area contributed by atoms with Gasteiger partial charge in [0.05, 0.1) is 5.56 Å². The molecule has 0 saturated heterocycles. The Morgan fingerprint density at radius 2 is 1.90 bits per heavy atom. The van der Waals surface area contributed by atoms with Crippen LogP contribution in [0, 0.1) is 6.92 Å². The van der Waals surface area contributed by atoms with E-state index in [1.165, 1.54) is 0 Å². The molecular formula is C22H20O7. The lowest BCUT2D eigenvalue weighted by molar-refractivity contribution is -0.144. The van der Waals surface area contributed by atoms with E-state index in [4.69, 9.17) is 18.9 Å². The van der Waals surface area contributed by atoms with Crippen molar-refractivity contribution in [1.82, 2.24) is 0 Å². The zero-order chi connectivity index (χ0) is 20.5. The molecule has 2 aliphatic rings. The van der Waals surface area contributed by atoms with E-state index >= 15 is 0 Å². The molecule has 0 fully saturated rings. The number of ether oxygens (including phenoxy) is 4. The lowest BCUT2D eigenvalue weighted by atomic mass is 9.97. The van der Waals surface area contributed by atoms with Crippen molar-refractivity contribution in [2.45, 2.75) is 26.2 Å². The van der Waals surface area contributed by atoms with Crippen molar-refractivity contribution in [3.63, 3.8) is 0 Å². The first-order valence-corrected chi connectivity index (χ1v) is 9.32. The van der Waals surface area contributed by atoms with Gasteiger partial charge in [-0.25, -0.2) is 4.79 Å². The number of aryl methyl sites for hydroxylation is 1. The maximum Gasteiger partial charge on any atom is 0.344 e. The molecule has 2 aromatic rings. The van der Waals surface area contributed by atoms with Gasteiger partial charge in [0.15, 0.2) is 36.3 Å². The topological polar surface area (TPSA) is 88.1 Å². The lowest BCUT2D eigenvalue weighted by Crippen LogP contribution is -2.20. The van der Waals surface area contributed by atoms with Crippen LogP contribution in [-0.2, 0) is 9.53 Å². The van der Waals surface area contributed by atoms with Crippen molar-refractivity contribution in [2.24, 2.45) is 0 Å². The summed E-state index contributed by atoms with van der Waals surface area (Å²) < 4.78 is 21.0. The SMILES string of the molecule is Cc1ccc(OCC(=O)OCC(=O)c2ccc3c(c2)OCO3)c2c1[C@H](C)CC2=O. The van der Waals surface area contributed by atoms with Gasteiger partial charge in [-0.3, -0.25) is 9.59 Å². The minimum Gasteiger partial charge on any atom is -0.481 e. The summed E-state index contributed by atoms with van der Waals surface area (Å²) in [6, 6.07) is 8.34. The molecule has 1 aliphatic carbocycles. The van der Waals surface area contributed by atoms with Gasteiger partial charge in [-0.2, -0.15) is 0 Å². The summed E-state index contributed by atoms with van der Waals surface area (Å²) in [5.41, 5.74) is 2.90. The number of rotatable bonds is 6. The molecule has 0 bridgehead atoms. The number of ketones is 2. The maximum atomic E-state index is 12.3. The van der Waals surface area contributed by atoms with Crippen molar-refractivity contribution in [1.29, 1.82) is 0 Å². The smallest absolute Gasteiger partial charge is 0.344 e. The summed E-state index contributed by atoms with van der Waals surface area (Å²) in [6.45, 7) is 3.27. The van der Waals surface area contributed by atoms with Gasteiger partial charge in [-0.1, -0.05) is 13.0 Å². The largest absolute Gasteiger partial charge is 0.481 e. The average molecular weight is 396 g/mol. The third-order valence-electron chi connectivity index (χ3n) is 5.09. The van der Waals surface area contributed by atoms with Crippen LogP contribution in [0.5, 0.6) is 17.2 Å². The number of Topliss-reactive ketones (excluding diaryl/α,β-unsaturated/α-hetero) is 2. The highest BCUT2D eigenvalue weighted by Crippen LogP contribution is 2.40. The monoisotopic (exact) mass is 396 g/mol. The van der Waals surface area contributed by atoms with Gasteiger partial charge in [-0.05, 0) is 48.2 Å². The third-order valence-corrected chi connectivity index (χ3v) is 5.09. The van der Waals surface area contributed by atoms with Crippen LogP contribution in [0.2, 0.25) is 0 Å². The van der Waals surface area contributed by atoms with E-state index in [0.29, 0.717) is 34.8 Å². The predicted molar refractivity (Wildman–Crippen MR) is 102 cm³/mol. The van der Waals surface area contributed by atoms with Gasteiger partial charge in [0, 0.05) is 12.0 Å². The molecule has 0 amide bonds. The molecule has 0 unspecified atom stereocenters. The molecule has 0 radical (unpaired) electrons. The van der Waals surface area contributed by atoms with E-state index in [1.54, 1.807) is 24.3 Å². The van der Waals surface area contributed by atoms with Gasteiger partial charge >= 0.3 is 5.97 Å². The van der Waals surface area contributed by atoms with Gasteiger partial charge in [0.2, 0.25) is 6.79 Å². The number of hydrogen-bond donors (Lipinski definition) is 0. The lowest BCUT2D eigenvalue weighted by Gasteiger charge is -2.13. The van der Waals surface area contributed by atoms with E-state index in [0.717, 1.165) is 11.1 Å². The van der Waals surface area contributed by atoms with Crippen LogP contribution in [0.25, 0.3) is 0 Å². The van der Waals surface area contributed by atoms with Crippen LogP contribution >= 0.6 is 0 Å². The summed E-state index contributed by atoms with van der Waals surface area (Å²) in [5, 5.41) is 0. The van der Waals surface area contributed by atoms with Crippen molar-refractivity contribution in [3.05, 3.63) is 52.6 Å². The second kappa shape index (κ2) is 7.58. The van der Waals surface area contributed by atoms with E-state index < -0.39 is 12.6 Å². The van der Waals surface area contributed by atoms with Crippen molar-refractivity contribution in [2.75, 3.05) is 20.0 Å². The zero-order valence-corrected chi connectivity index (χ0v) is 16.2. The van der Waals surface area contributed by atoms with Crippen LogP contribution in [0.1, 0.15) is 51.1 Å². The number of fused-ring (bicyclic) bond motifs is 2. The number of hydrogen-bond acceptors (Lipinski definition) is 7. The molecule has 0 aromatic heterocycles. The first kappa shape index (κ1) is 19.0. The van der Waals surface area contributed by atoms with E-state index in [-0.39, 0.29) is 30.9 Å².